The minimum absolute atomic E-state index is 0.229. The molecule has 0 bridgehead atoms. The fourth-order valence-corrected chi connectivity index (χ4v) is 3.01. The number of carbonyl (C=O) groups excluding carboxylic acids is 1. The maximum atomic E-state index is 12.1. The Balaban J connectivity index is 2.12. The molecule has 0 aliphatic rings. The number of nitrogens with two attached hydrogens (primary N) is 1. The summed E-state index contributed by atoms with van der Waals surface area (Å²) in [5.74, 6) is -0.229. The quantitative estimate of drug-likeness (QED) is 0.785. The second-order valence-corrected chi connectivity index (χ2v) is 6.76. The van der Waals surface area contributed by atoms with E-state index in [9.17, 15) is 13.2 Å². The van der Waals surface area contributed by atoms with Gasteiger partial charge in [0.1, 0.15) is 0 Å². The molecule has 0 saturated heterocycles. The van der Waals surface area contributed by atoms with Crippen LogP contribution in [0.2, 0.25) is 0 Å². The fraction of sp³-hybridized carbons (Fsp3) is 0.154. The van der Waals surface area contributed by atoms with Crippen molar-refractivity contribution in [2.45, 2.75) is 13.3 Å². The molecule has 8 heteroatoms. The number of hydrogen-bond donors (Lipinski definition) is 3. The number of rotatable bonds is 5. The summed E-state index contributed by atoms with van der Waals surface area (Å²) in [5, 5.41) is 7.62. The number of carbonyl (C=O) groups is 1. The third-order valence-corrected chi connectivity index (χ3v) is 4.36. The zero-order chi connectivity index (χ0) is 15.5. The Kier molecular flexibility index (Phi) is 4.61. The van der Waals surface area contributed by atoms with Crippen LogP contribution in [-0.4, -0.2) is 14.3 Å². The number of hydrogen-bond acceptors (Lipinski definition) is 4. The minimum atomic E-state index is -3.84. The molecule has 1 aromatic heterocycles. The molecule has 21 heavy (non-hydrogen) atoms. The van der Waals surface area contributed by atoms with Gasteiger partial charge in [0.15, 0.2) is 0 Å². The number of thiophene rings is 1. The molecule has 2 rings (SSSR count). The SMILES string of the molecule is CCc1ccc(C(=O)Nc2cccc(NS(N)(=O)=O)c2)s1. The highest BCUT2D eigenvalue weighted by Gasteiger charge is 2.10. The molecule has 0 spiro atoms. The highest BCUT2D eigenvalue weighted by molar-refractivity contribution is 7.90. The zero-order valence-electron chi connectivity index (χ0n) is 11.3. The maximum absolute atomic E-state index is 12.1. The van der Waals surface area contributed by atoms with Gasteiger partial charge in [-0.2, -0.15) is 8.42 Å². The normalized spacial score (nSPS) is 11.1. The standard InChI is InChI=1S/C13H15N3O3S2/c1-2-11-6-7-12(20-11)13(17)15-9-4-3-5-10(8-9)16-21(14,18)19/h3-8,16H,2H2,1H3,(H,15,17)(H2,14,18,19). The van der Waals surface area contributed by atoms with E-state index in [0.717, 1.165) is 11.3 Å². The second kappa shape index (κ2) is 6.25. The molecular weight excluding hydrogens is 310 g/mol. The molecule has 4 N–H and O–H groups in total. The Hall–Kier alpha value is -1.90. The van der Waals surface area contributed by atoms with Crippen LogP contribution in [0.3, 0.4) is 0 Å². The maximum Gasteiger partial charge on any atom is 0.296 e. The molecule has 0 aliphatic carbocycles. The van der Waals surface area contributed by atoms with Crippen LogP contribution in [0.25, 0.3) is 0 Å². The lowest BCUT2D eigenvalue weighted by Crippen LogP contribution is -2.21. The van der Waals surface area contributed by atoms with Crippen molar-refractivity contribution in [3.63, 3.8) is 0 Å². The molecular formula is C13H15N3O3S2. The first-order chi connectivity index (χ1) is 9.87. The van der Waals surface area contributed by atoms with E-state index < -0.39 is 10.2 Å². The van der Waals surface area contributed by atoms with Crippen molar-refractivity contribution >= 4 is 38.8 Å². The van der Waals surface area contributed by atoms with Gasteiger partial charge in [-0.15, -0.1) is 11.3 Å². The molecule has 0 radical (unpaired) electrons. The summed E-state index contributed by atoms with van der Waals surface area (Å²) in [5.41, 5.74) is 0.774. The van der Waals surface area contributed by atoms with Crippen LogP contribution in [0.4, 0.5) is 11.4 Å². The summed E-state index contributed by atoms with van der Waals surface area (Å²) in [6.07, 6.45) is 0.881. The fourth-order valence-electron chi connectivity index (χ4n) is 1.71. The van der Waals surface area contributed by atoms with E-state index in [2.05, 4.69) is 10.0 Å². The van der Waals surface area contributed by atoms with Gasteiger partial charge in [-0.25, -0.2) is 5.14 Å². The summed E-state index contributed by atoms with van der Waals surface area (Å²) >= 11 is 1.43. The predicted molar refractivity (Wildman–Crippen MR) is 84.8 cm³/mol. The van der Waals surface area contributed by atoms with Gasteiger partial charge in [0.2, 0.25) is 0 Å². The Morgan fingerprint density at radius 2 is 1.95 bits per heavy atom. The minimum Gasteiger partial charge on any atom is -0.321 e. The molecule has 2 aromatic rings. The molecule has 0 aliphatic heterocycles. The zero-order valence-corrected chi connectivity index (χ0v) is 12.9. The first kappa shape index (κ1) is 15.5. The molecule has 1 aromatic carbocycles. The van der Waals surface area contributed by atoms with Gasteiger partial charge in [0.05, 0.1) is 10.6 Å². The van der Waals surface area contributed by atoms with Crippen LogP contribution >= 0.6 is 11.3 Å². The molecule has 0 atom stereocenters. The number of aryl methyl sites for hydroxylation is 1. The van der Waals surface area contributed by atoms with Crippen molar-refractivity contribution in [1.82, 2.24) is 0 Å². The van der Waals surface area contributed by atoms with Gasteiger partial charge in [0, 0.05) is 10.6 Å². The van der Waals surface area contributed by atoms with Crippen molar-refractivity contribution in [1.29, 1.82) is 0 Å². The van der Waals surface area contributed by atoms with Crippen LogP contribution in [0, 0.1) is 0 Å². The second-order valence-electron chi connectivity index (χ2n) is 4.30. The van der Waals surface area contributed by atoms with Crippen LogP contribution in [0.15, 0.2) is 36.4 Å². The van der Waals surface area contributed by atoms with E-state index in [1.807, 2.05) is 13.0 Å². The predicted octanol–water partition coefficient (Wildman–Crippen LogP) is 2.18. The molecule has 1 heterocycles. The first-order valence-electron chi connectivity index (χ1n) is 6.18. The smallest absolute Gasteiger partial charge is 0.296 e. The van der Waals surface area contributed by atoms with Crippen LogP contribution in [0.5, 0.6) is 0 Å². The van der Waals surface area contributed by atoms with Gasteiger partial charge in [-0.3, -0.25) is 9.52 Å². The third-order valence-electron chi connectivity index (χ3n) is 2.61. The monoisotopic (exact) mass is 325 g/mol. The van der Waals surface area contributed by atoms with E-state index in [0.29, 0.717) is 10.6 Å². The third kappa shape index (κ3) is 4.55. The van der Waals surface area contributed by atoms with Crippen molar-refractivity contribution < 1.29 is 13.2 Å². The lowest BCUT2D eigenvalue weighted by molar-refractivity contribution is 0.103. The summed E-state index contributed by atoms with van der Waals surface area (Å²) in [6, 6.07) is 10.0. The average molecular weight is 325 g/mol. The molecule has 112 valence electrons. The average Bonchev–Trinajstić information content (AvgIpc) is 2.85. The van der Waals surface area contributed by atoms with Crippen LogP contribution in [0.1, 0.15) is 21.5 Å². The Morgan fingerprint density at radius 3 is 2.57 bits per heavy atom. The van der Waals surface area contributed by atoms with Crippen molar-refractivity contribution in [3.8, 4) is 0 Å². The van der Waals surface area contributed by atoms with Crippen LogP contribution in [-0.2, 0) is 16.6 Å². The molecule has 0 fully saturated rings. The molecule has 0 unspecified atom stereocenters. The lowest BCUT2D eigenvalue weighted by atomic mass is 10.3. The van der Waals surface area contributed by atoms with E-state index in [4.69, 9.17) is 5.14 Å². The largest absolute Gasteiger partial charge is 0.321 e. The first-order valence-corrected chi connectivity index (χ1v) is 8.54. The van der Waals surface area contributed by atoms with E-state index in [-0.39, 0.29) is 11.6 Å². The van der Waals surface area contributed by atoms with Gasteiger partial charge in [0.25, 0.3) is 16.1 Å². The Morgan fingerprint density at radius 1 is 1.24 bits per heavy atom. The summed E-state index contributed by atoms with van der Waals surface area (Å²) in [7, 11) is -3.84. The van der Waals surface area contributed by atoms with E-state index >= 15 is 0 Å². The molecule has 1 amide bonds. The highest BCUT2D eigenvalue weighted by Crippen LogP contribution is 2.20. The van der Waals surface area contributed by atoms with Crippen molar-refractivity contribution in [2.75, 3.05) is 10.0 Å². The molecule has 6 nitrogen and oxygen atoms in total. The summed E-state index contributed by atoms with van der Waals surface area (Å²) < 4.78 is 24.1. The topological polar surface area (TPSA) is 101 Å². The van der Waals surface area contributed by atoms with Gasteiger partial charge in [-0.1, -0.05) is 13.0 Å². The lowest BCUT2D eigenvalue weighted by Gasteiger charge is -2.07. The number of anilines is 2. The van der Waals surface area contributed by atoms with Crippen molar-refractivity contribution in [3.05, 3.63) is 46.2 Å². The highest BCUT2D eigenvalue weighted by atomic mass is 32.2. The Bertz CT molecular complexity index is 754. The summed E-state index contributed by atoms with van der Waals surface area (Å²) in [6.45, 7) is 2.02. The van der Waals surface area contributed by atoms with Crippen LogP contribution < -0.4 is 15.2 Å². The number of nitrogens with one attached hydrogen (secondary N) is 2. The van der Waals surface area contributed by atoms with Gasteiger partial charge in [-0.05, 0) is 36.8 Å². The number of benzene rings is 1. The summed E-state index contributed by atoms with van der Waals surface area (Å²) in [4.78, 5) is 13.8. The van der Waals surface area contributed by atoms with Crippen molar-refractivity contribution in [2.24, 2.45) is 5.14 Å². The Labute approximate surface area is 127 Å². The van der Waals surface area contributed by atoms with E-state index in [1.54, 1.807) is 24.3 Å². The molecule has 0 saturated carbocycles. The number of amides is 1. The van der Waals surface area contributed by atoms with Gasteiger partial charge >= 0.3 is 0 Å². The van der Waals surface area contributed by atoms with E-state index in [1.165, 1.54) is 17.4 Å². The van der Waals surface area contributed by atoms with Gasteiger partial charge < -0.3 is 5.32 Å².